The topological polar surface area (TPSA) is 32.3 Å². The molecular formula is C17H25NO. The van der Waals surface area contributed by atoms with Crippen LogP contribution in [0.5, 0.6) is 0 Å². The van der Waals surface area contributed by atoms with Gasteiger partial charge in [0.1, 0.15) is 0 Å². The fourth-order valence-electron chi connectivity index (χ4n) is 3.89. The molecule has 3 rings (SSSR count). The first-order valence-electron chi connectivity index (χ1n) is 7.81. The first-order chi connectivity index (χ1) is 9.34. The minimum absolute atomic E-state index is 0.101. The smallest absolute Gasteiger partial charge is 0.0583 e. The lowest BCUT2D eigenvalue weighted by atomic mass is 9.72. The second-order valence-electron chi connectivity index (χ2n) is 6.21. The minimum Gasteiger partial charge on any atom is -0.393 e. The summed E-state index contributed by atoms with van der Waals surface area (Å²) in [6.45, 7) is 1.13. The molecule has 0 amide bonds. The highest BCUT2D eigenvalue weighted by Gasteiger charge is 2.35. The van der Waals surface area contributed by atoms with Crippen LogP contribution in [0.1, 0.15) is 50.0 Å². The van der Waals surface area contributed by atoms with Gasteiger partial charge in [-0.25, -0.2) is 0 Å². The minimum atomic E-state index is -0.101. The lowest BCUT2D eigenvalue weighted by molar-refractivity contribution is 0.0348. The van der Waals surface area contributed by atoms with Crippen LogP contribution in [0.15, 0.2) is 30.3 Å². The summed E-state index contributed by atoms with van der Waals surface area (Å²) >= 11 is 0. The fourth-order valence-corrected chi connectivity index (χ4v) is 3.89. The van der Waals surface area contributed by atoms with Gasteiger partial charge in [0.25, 0.3) is 0 Å². The van der Waals surface area contributed by atoms with Crippen LogP contribution in [0.4, 0.5) is 0 Å². The average molecular weight is 259 g/mol. The standard InChI is InChI=1S/C17H25NO/c19-17-10-9-14(13-6-2-1-3-7-13)12-15(17)16-8-4-5-11-18-16/h1-3,6-7,14-19H,4-5,8-12H2. The third-order valence-corrected chi connectivity index (χ3v) is 5.00. The molecule has 1 saturated carbocycles. The van der Waals surface area contributed by atoms with Gasteiger partial charge >= 0.3 is 0 Å². The number of piperidine rings is 1. The molecule has 4 unspecified atom stereocenters. The van der Waals surface area contributed by atoms with Crippen molar-refractivity contribution in [1.82, 2.24) is 5.32 Å². The number of aliphatic hydroxyl groups is 1. The van der Waals surface area contributed by atoms with E-state index >= 15 is 0 Å². The molecule has 2 aliphatic rings. The van der Waals surface area contributed by atoms with Crippen LogP contribution in [-0.2, 0) is 0 Å². The monoisotopic (exact) mass is 259 g/mol. The molecule has 2 N–H and O–H groups in total. The number of hydrogen-bond donors (Lipinski definition) is 2. The van der Waals surface area contributed by atoms with E-state index in [1.165, 1.54) is 24.8 Å². The fraction of sp³-hybridized carbons (Fsp3) is 0.647. The molecule has 104 valence electrons. The molecule has 1 aromatic carbocycles. The molecule has 0 radical (unpaired) electrons. The van der Waals surface area contributed by atoms with Gasteiger partial charge in [0.15, 0.2) is 0 Å². The zero-order valence-electron chi connectivity index (χ0n) is 11.6. The van der Waals surface area contributed by atoms with Gasteiger partial charge in [-0.2, -0.15) is 0 Å². The summed E-state index contributed by atoms with van der Waals surface area (Å²) in [7, 11) is 0. The van der Waals surface area contributed by atoms with Gasteiger partial charge in [0, 0.05) is 12.0 Å². The number of nitrogens with one attached hydrogen (secondary N) is 1. The van der Waals surface area contributed by atoms with E-state index in [4.69, 9.17) is 0 Å². The summed E-state index contributed by atoms with van der Waals surface area (Å²) in [6, 6.07) is 11.4. The Kier molecular flexibility index (Phi) is 4.19. The highest BCUT2D eigenvalue weighted by Crippen LogP contribution is 2.39. The molecular weight excluding hydrogens is 234 g/mol. The van der Waals surface area contributed by atoms with Crippen molar-refractivity contribution in [3.63, 3.8) is 0 Å². The first kappa shape index (κ1) is 13.1. The van der Waals surface area contributed by atoms with Gasteiger partial charge in [0.2, 0.25) is 0 Å². The van der Waals surface area contributed by atoms with Crippen molar-refractivity contribution in [3.8, 4) is 0 Å². The maximum absolute atomic E-state index is 10.3. The molecule has 4 atom stereocenters. The molecule has 0 aromatic heterocycles. The van der Waals surface area contributed by atoms with Crippen molar-refractivity contribution >= 4 is 0 Å². The molecule has 1 aromatic rings. The first-order valence-corrected chi connectivity index (χ1v) is 7.81. The van der Waals surface area contributed by atoms with E-state index < -0.39 is 0 Å². The normalized spacial score (nSPS) is 36.1. The predicted octanol–water partition coefficient (Wildman–Crippen LogP) is 3.07. The molecule has 1 aliphatic carbocycles. The number of hydrogen-bond acceptors (Lipinski definition) is 2. The Morgan fingerprint density at radius 1 is 1.00 bits per heavy atom. The molecule has 2 fully saturated rings. The molecule has 1 saturated heterocycles. The van der Waals surface area contributed by atoms with Gasteiger partial charge in [-0.3, -0.25) is 0 Å². The van der Waals surface area contributed by atoms with Crippen molar-refractivity contribution in [3.05, 3.63) is 35.9 Å². The van der Waals surface area contributed by atoms with Gasteiger partial charge in [-0.15, -0.1) is 0 Å². The van der Waals surface area contributed by atoms with E-state index in [-0.39, 0.29) is 6.10 Å². The highest BCUT2D eigenvalue weighted by molar-refractivity contribution is 5.20. The van der Waals surface area contributed by atoms with E-state index in [0.29, 0.717) is 17.9 Å². The number of rotatable bonds is 2. The Labute approximate surface area is 116 Å². The van der Waals surface area contributed by atoms with Crippen molar-refractivity contribution in [1.29, 1.82) is 0 Å². The van der Waals surface area contributed by atoms with E-state index in [1.807, 2.05) is 0 Å². The Balaban J connectivity index is 1.70. The SMILES string of the molecule is OC1CCC(c2ccccc2)CC1C1CCCCN1. The molecule has 1 heterocycles. The quantitative estimate of drug-likeness (QED) is 0.855. The maximum Gasteiger partial charge on any atom is 0.0583 e. The molecule has 0 spiro atoms. The number of aliphatic hydroxyl groups excluding tert-OH is 1. The Morgan fingerprint density at radius 2 is 1.84 bits per heavy atom. The van der Waals surface area contributed by atoms with Crippen LogP contribution < -0.4 is 5.32 Å². The lowest BCUT2D eigenvalue weighted by Crippen LogP contribution is -2.46. The van der Waals surface area contributed by atoms with E-state index in [2.05, 4.69) is 35.6 Å². The van der Waals surface area contributed by atoms with Crippen molar-refractivity contribution in [2.75, 3.05) is 6.54 Å². The Bertz CT molecular complexity index is 386. The van der Waals surface area contributed by atoms with Gasteiger partial charge in [-0.05, 0) is 50.1 Å². The van der Waals surface area contributed by atoms with E-state index in [0.717, 1.165) is 25.8 Å². The molecule has 1 aliphatic heterocycles. The summed E-state index contributed by atoms with van der Waals surface area (Å²) in [5.74, 6) is 1.08. The van der Waals surface area contributed by atoms with Crippen LogP contribution in [-0.4, -0.2) is 23.8 Å². The molecule has 2 nitrogen and oxygen atoms in total. The zero-order valence-corrected chi connectivity index (χ0v) is 11.6. The molecule has 2 heteroatoms. The summed E-state index contributed by atoms with van der Waals surface area (Å²) in [5.41, 5.74) is 1.45. The summed E-state index contributed by atoms with van der Waals surface area (Å²) in [5, 5.41) is 14.0. The van der Waals surface area contributed by atoms with Crippen LogP contribution >= 0.6 is 0 Å². The van der Waals surface area contributed by atoms with Crippen LogP contribution in [0.3, 0.4) is 0 Å². The average Bonchev–Trinajstić information content (AvgIpc) is 2.49. The van der Waals surface area contributed by atoms with Crippen molar-refractivity contribution < 1.29 is 5.11 Å². The van der Waals surface area contributed by atoms with Crippen molar-refractivity contribution in [2.45, 2.75) is 56.6 Å². The van der Waals surface area contributed by atoms with E-state index in [9.17, 15) is 5.11 Å². The largest absolute Gasteiger partial charge is 0.393 e. The van der Waals surface area contributed by atoms with Gasteiger partial charge in [-0.1, -0.05) is 36.8 Å². The molecule has 0 bridgehead atoms. The van der Waals surface area contributed by atoms with Crippen molar-refractivity contribution in [2.24, 2.45) is 5.92 Å². The third kappa shape index (κ3) is 3.01. The molecule has 19 heavy (non-hydrogen) atoms. The van der Waals surface area contributed by atoms with Crippen LogP contribution in [0.2, 0.25) is 0 Å². The second-order valence-corrected chi connectivity index (χ2v) is 6.21. The maximum atomic E-state index is 10.3. The number of benzene rings is 1. The van der Waals surface area contributed by atoms with Gasteiger partial charge < -0.3 is 10.4 Å². The lowest BCUT2D eigenvalue weighted by Gasteiger charge is -2.40. The zero-order chi connectivity index (χ0) is 13.1. The van der Waals surface area contributed by atoms with E-state index in [1.54, 1.807) is 0 Å². The van der Waals surface area contributed by atoms with Crippen LogP contribution in [0, 0.1) is 5.92 Å². The summed E-state index contributed by atoms with van der Waals surface area (Å²) in [6.07, 6.45) is 6.98. The summed E-state index contributed by atoms with van der Waals surface area (Å²) < 4.78 is 0. The highest BCUT2D eigenvalue weighted by atomic mass is 16.3. The predicted molar refractivity (Wildman–Crippen MR) is 78.2 cm³/mol. The summed E-state index contributed by atoms with van der Waals surface area (Å²) in [4.78, 5) is 0. The Hall–Kier alpha value is -0.860. The second kappa shape index (κ2) is 6.06. The van der Waals surface area contributed by atoms with Gasteiger partial charge in [0.05, 0.1) is 6.10 Å². The Morgan fingerprint density at radius 3 is 2.58 bits per heavy atom. The van der Waals surface area contributed by atoms with Crippen LogP contribution in [0.25, 0.3) is 0 Å². The third-order valence-electron chi connectivity index (χ3n) is 5.00.